The molecule has 3 rings (SSSR count). The monoisotopic (exact) mass is 220 g/mol. The van der Waals surface area contributed by atoms with Gasteiger partial charge in [0.25, 0.3) is 0 Å². The first-order valence-electron chi connectivity index (χ1n) is 6.50. The summed E-state index contributed by atoms with van der Waals surface area (Å²) < 4.78 is 2.12. The number of aryl methyl sites for hydroxylation is 1. The van der Waals surface area contributed by atoms with Crippen LogP contribution in [0.25, 0.3) is 0 Å². The number of hydrogen-bond acceptors (Lipinski definition) is 3. The predicted molar refractivity (Wildman–Crippen MR) is 62.1 cm³/mol. The van der Waals surface area contributed by atoms with Gasteiger partial charge in [-0.2, -0.15) is 5.10 Å². The molecule has 1 aromatic heterocycles. The van der Waals surface area contributed by atoms with Gasteiger partial charge in [-0.3, -0.25) is 0 Å². The van der Waals surface area contributed by atoms with Crippen LogP contribution in [-0.4, -0.2) is 21.3 Å². The Labute approximate surface area is 96.4 Å². The van der Waals surface area contributed by atoms with Crippen molar-refractivity contribution in [1.29, 1.82) is 0 Å². The Kier molecular flexibility index (Phi) is 2.67. The third-order valence-corrected chi connectivity index (χ3v) is 3.73. The second kappa shape index (κ2) is 4.17. The van der Waals surface area contributed by atoms with Crippen LogP contribution in [0.5, 0.6) is 0 Å². The third kappa shape index (κ3) is 1.86. The Balaban J connectivity index is 1.80. The Hall–Kier alpha value is -0.900. The van der Waals surface area contributed by atoms with E-state index < -0.39 is 0 Å². The molecule has 2 aliphatic heterocycles. The molecule has 88 valence electrons. The van der Waals surface area contributed by atoms with Crippen LogP contribution in [0.2, 0.25) is 0 Å². The molecule has 2 unspecified atom stereocenters. The van der Waals surface area contributed by atoms with Crippen molar-refractivity contribution in [3.63, 3.8) is 0 Å². The molecule has 3 heterocycles. The van der Waals surface area contributed by atoms with Crippen LogP contribution in [0.4, 0.5) is 0 Å². The zero-order valence-electron chi connectivity index (χ0n) is 9.95. The van der Waals surface area contributed by atoms with E-state index in [-0.39, 0.29) is 0 Å². The van der Waals surface area contributed by atoms with Crippen LogP contribution < -0.4 is 5.32 Å². The molecule has 0 amide bonds. The van der Waals surface area contributed by atoms with E-state index >= 15 is 0 Å². The molecule has 1 N–H and O–H groups in total. The van der Waals surface area contributed by atoms with Crippen LogP contribution in [0, 0.1) is 5.92 Å². The highest BCUT2D eigenvalue weighted by molar-refractivity contribution is 5.01. The minimum absolute atomic E-state index is 0.405. The molecule has 4 heteroatoms. The summed E-state index contributed by atoms with van der Waals surface area (Å²) in [4.78, 5) is 4.70. The maximum Gasteiger partial charge on any atom is 0.167 e. The van der Waals surface area contributed by atoms with E-state index in [0.717, 1.165) is 31.3 Å². The Morgan fingerprint density at radius 2 is 2.25 bits per heavy atom. The molecule has 16 heavy (non-hydrogen) atoms. The van der Waals surface area contributed by atoms with Crippen LogP contribution in [0.15, 0.2) is 0 Å². The fraction of sp³-hybridized carbons (Fsp3) is 0.833. The van der Waals surface area contributed by atoms with Crippen molar-refractivity contribution < 1.29 is 0 Å². The highest BCUT2D eigenvalue weighted by atomic mass is 15.4. The van der Waals surface area contributed by atoms with Gasteiger partial charge in [0.05, 0.1) is 6.04 Å². The van der Waals surface area contributed by atoms with Crippen molar-refractivity contribution in [1.82, 2.24) is 20.1 Å². The van der Waals surface area contributed by atoms with Gasteiger partial charge < -0.3 is 5.32 Å². The molecule has 1 fully saturated rings. The number of nitrogens with one attached hydrogen (secondary N) is 1. The van der Waals surface area contributed by atoms with Gasteiger partial charge in [0.1, 0.15) is 5.82 Å². The first-order valence-corrected chi connectivity index (χ1v) is 6.50. The van der Waals surface area contributed by atoms with E-state index in [0.29, 0.717) is 6.04 Å². The minimum atomic E-state index is 0.405. The Bertz CT molecular complexity index is 365. The molecule has 1 aromatic rings. The molecule has 0 spiro atoms. The maximum atomic E-state index is 4.70. The first kappa shape index (κ1) is 10.3. The van der Waals surface area contributed by atoms with Crippen molar-refractivity contribution in [2.75, 3.05) is 6.54 Å². The van der Waals surface area contributed by atoms with E-state index in [1.165, 1.54) is 31.5 Å². The summed E-state index contributed by atoms with van der Waals surface area (Å²) in [6, 6.07) is 0.405. The van der Waals surface area contributed by atoms with Crippen LogP contribution in [0.3, 0.4) is 0 Å². The lowest BCUT2D eigenvalue weighted by Gasteiger charge is -2.20. The summed E-state index contributed by atoms with van der Waals surface area (Å²) in [6.45, 7) is 4.46. The zero-order valence-corrected chi connectivity index (χ0v) is 9.95. The van der Waals surface area contributed by atoms with Crippen LogP contribution in [-0.2, 0) is 13.0 Å². The predicted octanol–water partition coefficient (Wildman–Crippen LogP) is 1.68. The molecule has 4 nitrogen and oxygen atoms in total. The smallest absolute Gasteiger partial charge is 0.167 e. The van der Waals surface area contributed by atoms with E-state index in [4.69, 9.17) is 4.98 Å². The molecular weight excluding hydrogens is 200 g/mol. The molecule has 1 saturated heterocycles. The topological polar surface area (TPSA) is 42.7 Å². The lowest BCUT2D eigenvalue weighted by Crippen LogP contribution is -2.27. The second-order valence-corrected chi connectivity index (χ2v) is 5.21. The summed E-state index contributed by atoms with van der Waals surface area (Å²) in [5.74, 6) is 2.98. The molecule has 0 bridgehead atoms. The lowest BCUT2D eigenvalue weighted by atomic mass is 10.0. The number of aromatic nitrogens is 3. The normalized spacial score (nSPS) is 30.1. The van der Waals surface area contributed by atoms with Gasteiger partial charge in [0.15, 0.2) is 5.82 Å². The van der Waals surface area contributed by atoms with Crippen molar-refractivity contribution in [2.45, 2.75) is 51.6 Å². The number of piperidine rings is 1. The quantitative estimate of drug-likeness (QED) is 0.783. The molecular formula is C12H20N4. The van der Waals surface area contributed by atoms with Crippen LogP contribution >= 0.6 is 0 Å². The van der Waals surface area contributed by atoms with E-state index in [1.807, 2.05) is 0 Å². The first-order chi connectivity index (χ1) is 7.83. The second-order valence-electron chi connectivity index (χ2n) is 5.21. The van der Waals surface area contributed by atoms with Gasteiger partial charge in [-0.25, -0.2) is 9.67 Å². The number of hydrogen-bond donors (Lipinski definition) is 1. The summed E-state index contributed by atoms with van der Waals surface area (Å²) in [5.41, 5.74) is 0. The minimum Gasteiger partial charge on any atom is -0.307 e. The maximum absolute atomic E-state index is 4.70. The van der Waals surface area contributed by atoms with Crippen molar-refractivity contribution in [3.05, 3.63) is 11.6 Å². The highest BCUT2D eigenvalue weighted by Crippen LogP contribution is 2.23. The molecule has 0 saturated carbocycles. The molecule has 0 aromatic carbocycles. The van der Waals surface area contributed by atoms with Crippen molar-refractivity contribution >= 4 is 0 Å². The molecule has 0 radical (unpaired) electrons. The molecule has 0 aliphatic carbocycles. The van der Waals surface area contributed by atoms with Gasteiger partial charge >= 0.3 is 0 Å². The van der Waals surface area contributed by atoms with Gasteiger partial charge in [0, 0.05) is 13.0 Å². The lowest BCUT2D eigenvalue weighted by molar-refractivity contribution is 0.361. The third-order valence-electron chi connectivity index (χ3n) is 3.73. The van der Waals surface area contributed by atoms with Gasteiger partial charge in [0.2, 0.25) is 0 Å². The standard InChI is InChI=1S/C12H20N4/c1-9-5-6-11-14-12(15-16(11)8-9)10-4-2-3-7-13-10/h9-10,13H,2-8H2,1H3. The number of fused-ring (bicyclic) bond motifs is 1. The summed E-state index contributed by atoms with van der Waals surface area (Å²) in [6.07, 6.45) is 6.15. The number of rotatable bonds is 1. The summed E-state index contributed by atoms with van der Waals surface area (Å²) in [7, 11) is 0. The Morgan fingerprint density at radius 1 is 1.31 bits per heavy atom. The average Bonchev–Trinajstić information content (AvgIpc) is 2.73. The molecule has 2 atom stereocenters. The fourth-order valence-electron chi connectivity index (χ4n) is 2.71. The van der Waals surface area contributed by atoms with E-state index in [1.54, 1.807) is 0 Å². The average molecular weight is 220 g/mol. The number of nitrogens with zero attached hydrogens (tertiary/aromatic N) is 3. The summed E-state index contributed by atoms with van der Waals surface area (Å²) in [5, 5.41) is 8.19. The highest BCUT2D eigenvalue weighted by Gasteiger charge is 2.23. The molecule has 2 aliphatic rings. The van der Waals surface area contributed by atoms with Crippen LogP contribution in [0.1, 0.15) is 50.3 Å². The SMILES string of the molecule is CC1CCc2nc(C3CCCCN3)nn2C1. The van der Waals surface area contributed by atoms with Gasteiger partial charge in [-0.15, -0.1) is 0 Å². The van der Waals surface area contributed by atoms with E-state index in [9.17, 15) is 0 Å². The fourth-order valence-corrected chi connectivity index (χ4v) is 2.71. The van der Waals surface area contributed by atoms with Crippen molar-refractivity contribution in [2.24, 2.45) is 5.92 Å². The summed E-state index contributed by atoms with van der Waals surface area (Å²) >= 11 is 0. The van der Waals surface area contributed by atoms with Crippen molar-refractivity contribution in [3.8, 4) is 0 Å². The zero-order chi connectivity index (χ0) is 11.0. The Morgan fingerprint density at radius 3 is 3.06 bits per heavy atom. The van der Waals surface area contributed by atoms with E-state index in [2.05, 4.69) is 22.0 Å². The largest absolute Gasteiger partial charge is 0.307 e. The van der Waals surface area contributed by atoms with Gasteiger partial charge in [-0.05, 0) is 31.7 Å². The van der Waals surface area contributed by atoms with Gasteiger partial charge in [-0.1, -0.05) is 13.3 Å².